The summed E-state index contributed by atoms with van der Waals surface area (Å²) in [5.41, 5.74) is 9.74. The highest BCUT2D eigenvalue weighted by Gasteiger charge is 2.15. The van der Waals surface area contributed by atoms with E-state index in [0.29, 0.717) is 12.4 Å². The Morgan fingerprint density at radius 3 is 2.80 bits per heavy atom. The molecule has 0 aliphatic rings. The topological polar surface area (TPSA) is 56.7 Å². The van der Waals surface area contributed by atoms with Crippen molar-refractivity contribution in [3.8, 4) is 0 Å². The molecule has 3 rings (SSSR count). The molecule has 1 aromatic carbocycles. The number of anilines is 1. The maximum Gasteiger partial charge on any atom is 0.146 e. The fraction of sp³-hybridized carbons (Fsp3) is 0.200. The van der Waals surface area contributed by atoms with Gasteiger partial charge in [0.05, 0.1) is 5.39 Å². The molecule has 2 N–H and O–H groups in total. The zero-order valence-electron chi connectivity index (χ0n) is 11.4. The Kier molecular flexibility index (Phi) is 2.89. The van der Waals surface area contributed by atoms with Crippen LogP contribution in [0.5, 0.6) is 0 Å². The van der Waals surface area contributed by atoms with E-state index in [1.165, 1.54) is 18.5 Å². The normalized spacial score (nSPS) is 11.2. The molecule has 4 nitrogen and oxygen atoms in total. The Morgan fingerprint density at radius 2 is 2.05 bits per heavy atom. The van der Waals surface area contributed by atoms with Gasteiger partial charge in [-0.1, -0.05) is 12.1 Å². The van der Waals surface area contributed by atoms with Gasteiger partial charge in [-0.25, -0.2) is 14.4 Å². The van der Waals surface area contributed by atoms with E-state index >= 15 is 0 Å². The number of nitrogens with zero attached hydrogens (tertiary/aromatic N) is 3. The molecule has 0 aliphatic carbocycles. The summed E-state index contributed by atoms with van der Waals surface area (Å²) in [6.45, 7) is 4.57. The minimum Gasteiger partial charge on any atom is -0.383 e. The summed E-state index contributed by atoms with van der Waals surface area (Å²) in [7, 11) is 0. The second-order valence-electron chi connectivity index (χ2n) is 4.88. The van der Waals surface area contributed by atoms with E-state index in [1.54, 1.807) is 6.07 Å². The van der Waals surface area contributed by atoms with Gasteiger partial charge in [0.1, 0.15) is 23.6 Å². The van der Waals surface area contributed by atoms with E-state index in [0.717, 1.165) is 27.9 Å². The molecule has 0 saturated heterocycles. The highest BCUT2D eigenvalue weighted by atomic mass is 19.1. The molecule has 20 heavy (non-hydrogen) atoms. The Morgan fingerprint density at radius 1 is 1.25 bits per heavy atom. The van der Waals surface area contributed by atoms with Crippen LogP contribution in [-0.4, -0.2) is 14.5 Å². The first-order chi connectivity index (χ1) is 9.58. The summed E-state index contributed by atoms with van der Waals surface area (Å²) in [6, 6.07) is 6.58. The fourth-order valence-electron chi connectivity index (χ4n) is 2.51. The Hall–Kier alpha value is -2.43. The number of nitrogen functional groups attached to an aromatic ring is 1. The van der Waals surface area contributed by atoms with Crippen molar-refractivity contribution in [1.29, 1.82) is 0 Å². The predicted octanol–water partition coefficient (Wildman–Crippen LogP) is 2.82. The number of fused-ring (bicyclic) bond motifs is 1. The average Bonchev–Trinajstić information content (AvgIpc) is 2.65. The second kappa shape index (κ2) is 4.59. The average molecular weight is 270 g/mol. The maximum atomic E-state index is 13.3. The van der Waals surface area contributed by atoms with Crippen LogP contribution in [0.3, 0.4) is 0 Å². The van der Waals surface area contributed by atoms with Crippen LogP contribution in [0.1, 0.15) is 16.8 Å². The number of rotatable bonds is 2. The van der Waals surface area contributed by atoms with E-state index in [9.17, 15) is 4.39 Å². The van der Waals surface area contributed by atoms with Crippen LogP contribution < -0.4 is 5.73 Å². The molecular formula is C15H15FN4. The van der Waals surface area contributed by atoms with Gasteiger partial charge in [0.2, 0.25) is 0 Å². The summed E-state index contributed by atoms with van der Waals surface area (Å²) >= 11 is 0. The Labute approximate surface area is 116 Å². The first-order valence-electron chi connectivity index (χ1n) is 6.38. The van der Waals surface area contributed by atoms with Gasteiger partial charge >= 0.3 is 0 Å². The molecule has 102 valence electrons. The molecule has 0 fully saturated rings. The third kappa shape index (κ3) is 1.91. The van der Waals surface area contributed by atoms with Crippen LogP contribution in [0, 0.1) is 19.7 Å². The van der Waals surface area contributed by atoms with Gasteiger partial charge in [-0.05, 0) is 37.1 Å². The molecule has 0 atom stereocenters. The van der Waals surface area contributed by atoms with Crippen molar-refractivity contribution in [1.82, 2.24) is 14.5 Å². The summed E-state index contributed by atoms with van der Waals surface area (Å²) < 4.78 is 15.3. The molecule has 2 aromatic heterocycles. The number of nitrogens with two attached hydrogens (primary N) is 1. The van der Waals surface area contributed by atoms with Crippen molar-refractivity contribution in [3.63, 3.8) is 0 Å². The lowest BCUT2D eigenvalue weighted by atomic mass is 10.2. The number of benzene rings is 1. The van der Waals surface area contributed by atoms with Gasteiger partial charge < -0.3 is 10.3 Å². The number of aromatic nitrogens is 3. The van der Waals surface area contributed by atoms with Gasteiger partial charge in [0.15, 0.2) is 0 Å². The van der Waals surface area contributed by atoms with Crippen LogP contribution in [0.4, 0.5) is 10.2 Å². The zero-order chi connectivity index (χ0) is 14.3. The minimum absolute atomic E-state index is 0.234. The van der Waals surface area contributed by atoms with E-state index in [2.05, 4.69) is 9.97 Å². The lowest BCUT2D eigenvalue weighted by Gasteiger charge is -2.08. The van der Waals surface area contributed by atoms with Crippen molar-refractivity contribution in [2.75, 3.05) is 5.73 Å². The van der Waals surface area contributed by atoms with E-state index in [4.69, 9.17) is 5.73 Å². The SMILES string of the molecule is Cc1c(C)n(Cc2cccc(F)c2)c2ncnc(N)c12. The van der Waals surface area contributed by atoms with Gasteiger partial charge in [-0.2, -0.15) is 0 Å². The summed E-state index contributed by atoms with van der Waals surface area (Å²) in [6.07, 6.45) is 1.46. The van der Waals surface area contributed by atoms with Crippen LogP contribution in [0.15, 0.2) is 30.6 Å². The molecule has 0 radical (unpaired) electrons. The van der Waals surface area contributed by atoms with Crippen molar-refractivity contribution >= 4 is 16.9 Å². The third-order valence-electron chi connectivity index (χ3n) is 3.66. The Bertz CT molecular complexity index is 792. The molecule has 0 spiro atoms. The number of hydrogen-bond donors (Lipinski definition) is 1. The molecule has 3 aromatic rings. The number of halogens is 1. The molecular weight excluding hydrogens is 255 g/mol. The first-order valence-corrected chi connectivity index (χ1v) is 6.38. The predicted molar refractivity (Wildman–Crippen MR) is 76.9 cm³/mol. The molecule has 0 unspecified atom stereocenters. The summed E-state index contributed by atoms with van der Waals surface area (Å²) in [4.78, 5) is 8.36. The highest BCUT2D eigenvalue weighted by molar-refractivity contribution is 5.90. The minimum atomic E-state index is -0.234. The molecule has 0 saturated carbocycles. The third-order valence-corrected chi connectivity index (χ3v) is 3.66. The highest BCUT2D eigenvalue weighted by Crippen LogP contribution is 2.27. The largest absolute Gasteiger partial charge is 0.383 e. The van der Waals surface area contributed by atoms with E-state index in [1.807, 2.05) is 24.5 Å². The molecule has 0 bridgehead atoms. The van der Waals surface area contributed by atoms with Gasteiger partial charge in [-0.15, -0.1) is 0 Å². The van der Waals surface area contributed by atoms with Gasteiger partial charge in [0, 0.05) is 12.2 Å². The summed E-state index contributed by atoms with van der Waals surface area (Å²) in [5, 5.41) is 0.876. The number of aryl methyl sites for hydroxylation is 1. The fourth-order valence-corrected chi connectivity index (χ4v) is 2.51. The van der Waals surface area contributed by atoms with Crippen LogP contribution in [0.2, 0.25) is 0 Å². The monoisotopic (exact) mass is 270 g/mol. The first kappa shape index (κ1) is 12.6. The molecule has 2 heterocycles. The molecule has 5 heteroatoms. The van der Waals surface area contributed by atoms with Crippen LogP contribution in [-0.2, 0) is 6.54 Å². The lowest BCUT2D eigenvalue weighted by molar-refractivity contribution is 0.623. The van der Waals surface area contributed by atoms with Crippen LogP contribution >= 0.6 is 0 Å². The second-order valence-corrected chi connectivity index (χ2v) is 4.88. The standard InChI is InChI=1S/C15H15FN4/c1-9-10(2)20(7-11-4-3-5-12(16)6-11)15-13(9)14(17)18-8-19-15/h3-6,8H,7H2,1-2H3,(H2,17,18,19). The Balaban J connectivity index is 2.17. The van der Waals surface area contributed by atoms with E-state index < -0.39 is 0 Å². The summed E-state index contributed by atoms with van der Waals surface area (Å²) in [5.74, 6) is 0.246. The lowest BCUT2D eigenvalue weighted by Crippen LogP contribution is -2.03. The zero-order valence-corrected chi connectivity index (χ0v) is 11.4. The van der Waals surface area contributed by atoms with Crippen LogP contribution in [0.25, 0.3) is 11.0 Å². The van der Waals surface area contributed by atoms with Gasteiger partial charge in [0.25, 0.3) is 0 Å². The number of hydrogen-bond acceptors (Lipinski definition) is 3. The molecule has 0 aliphatic heterocycles. The maximum absolute atomic E-state index is 13.3. The van der Waals surface area contributed by atoms with E-state index in [-0.39, 0.29) is 5.82 Å². The van der Waals surface area contributed by atoms with Crippen molar-refractivity contribution < 1.29 is 4.39 Å². The quantitative estimate of drug-likeness (QED) is 0.779. The van der Waals surface area contributed by atoms with Crippen molar-refractivity contribution in [3.05, 3.63) is 53.2 Å². The smallest absolute Gasteiger partial charge is 0.146 e. The van der Waals surface area contributed by atoms with Crippen molar-refractivity contribution in [2.24, 2.45) is 0 Å². The van der Waals surface area contributed by atoms with Gasteiger partial charge in [-0.3, -0.25) is 0 Å². The molecule has 0 amide bonds. The van der Waals surface area contributed by atoms with Crippen molar-refractivity contribution in [2.45, 2.75) is 20.4 Å².